The summed E-state index contributed by atoms with van der Waals surface area (Å²) < 4.78 is 4.83. The van der Waals surface area contributed by atoms with Crippen LogP contribution in [0, 0.1) is 0 Å². The second-order valence-corrected chi connectivity index (χ2v) is 29.0. The highest BCUT2D eigenvalue weighted by atomic mass is 15.2. The highest BCUT2D eigenvalue weighted by Gasteiger charge is 2.27. The summed E-state index contributed by atoms with van der Waals surface area (Å²) in [5.74, 6) is 3.96. The van der Waals surface area contributed by atoms with Gasteiger partial charge in [0.1, 0.15) is 0 Å². The summed E-state index contributed by atoms with van der Waals surface area (Å²) in [7, 11) is 0. The van der Waals surface area contributed by atoms with E-state index >= 15 is 0 Å². The van der Waals surface area contributed by atoms with Gasteiger partial charge in [-0.05, 0) is 191 Å². The van der Waals surface area contributed by atoms with Crippen LogP contribution in [0.2, 0.25) is 0 Å². The summed E-state index contributed by atoms with van der Waals surface area (Å²) >= 11 is 0. The van der Waals surface area contributed by atoms with E-state index in [-0.39, 0.29) is 0 Å². The van der Waals surface area contributed by atoms with Crippen LogP contribution in [0.25, 0.3) is 146 Å². The van der Waals surface area contributed by atoms with Gasteiger partial charge in [-0.1, -0.05) is 267 Å². The fraction of sp³-hybridized carbons (Fsp3) is 0.0192. The lowest BCUT2D eigenvalue weighted by atomic mass is 10.0. The maximum Gasteiger partial charge on any atom is 0.164 e. The maximum absolute atomic E-state index is 5.04. The number of anilines is 6. The molecule has 0 spiro atoms. The van der Waals surface area contributed by atoms with E-state index < -0.39 is 0 Å². The summed E-state index contributed by atoms with van der Waals surface area (Å²) in [6.07, 6.45) is 1.77. The van der Waals surface area contributed by atoms with Crippen LogP contribution < -0.4 is 9.80 Å². The van der Waals surface area contributed by atoms with E-state index in [4.69, 9.17) is 29.9 Å². The first-order valence-corrected chi connectivity index (χ1v) is 38.6. The zero-order chi connectivity index (χ0) is 75.4. The van der Waals surface area contributed by atoms with Crippen LogP contribution in [0.1, 0.15) is 22.3 Å². The molecule has 2 aliphatic carbocycles. The molecular formula is C104H70N10. The lowest BCUT2D eigenvalue weighted by Crippen LogP contribution is -2.09. The topological polar surface area (TPSA) is 93.7 Å². The molecule has 114 heavy (non-hydrogen) atoms. The Morgan fingerprint density at radius 3 is 0.754 bits per heavy atom. The molecule has 2 aliphatic rings. The lowest BCUT2D eigenvalue weighted by Gasteiger charge is -2.25. The third-order valence-corrected chi connectivity index (χ3v) is 22.1. The second kappa shape index (κ2) is 28.6. The number of nitrogens with zero attached hydrogens (tertiary/aromatic N) is 10. The minimum Gasteiger partial charge on any atom is -0.310 e. The van der Waals surface area contributed by atoms with Crippen molar-refractivity contribution in [3.63, 3.8) is 0 Å². The zero-order valence-electron chi connectivity index (χ0n) is 62.0. The Hall–Kier alpha value is -15.3. The summed E-state index contributed by atoms with van der Waals surface area (Å²) in [4.78, 5) is 34.6. The fourth-order valence-electron chi connectivity index (χ4n) is 16.7. The van der Waals surface area contributed by atoms with Gasteiger partial charge in [-0.15, -0.1) is 0 Å². The maximum atomic E-state index is 5.04. The average Bonchev–Trinajstić information content (AvgIpc) is 1.59. The van der Waals surface area contributed by atoms with Crippen LogP contribution in [0.15, 0.2) is 400 Å². The van der Waals surface area contributed by atoms with Gasteiger partial charge in [0.25, 0.3) is 0 Å². The number of hydrogen-bond donors (Lipinski definition) is 0. The molecule has 0 saturated carbocycles. The quantitative estimate of drug-likeness (QED) is 0.106. The van der Waals surface area contributed by atoms with Gasteiger partial charge in [0.05, 0.1) is 22.1 Å². The molecule has 536 valence electrons. The molecule has 4 aromatic heterocycles. The Kier molecular flexibility index (Phi) is 16.8. The van der Waals surface area contributed by atoms with Gasteiger partial charge >= 0.3 is 0 Å². The molecule has 16 aromatic carbocycles. The monoisotopic (exact) mass is 1460 g/mol. The Balaban J connectivity index is 0.000000143. The van der Waals surface area contributed by atoms with Gasteiger partial charge in [0.15, 0.2) is 34.9 Å². The van der Waals surface area contributed by atoms with Crippen molar-refractivity contribution in [2.75, 3.05) is 9.80 Å². The third-order valence-electron chi connectivity index (χ3n) is 22.1. The summed E-state index contributed by atoms with van der Waals surface area (Å²) in [5, 5.41) is 4.86. The predicted octanol–water partition coefficient (Wildman–Crippen LogP) is 26.0. The van der Waals surface area contributed by atoms with E-state index in [2.05, 4.69) is 298 Å². The smallest absolute Gasteiger partial charge is 0.164 e. The van der Waals surface area contributed by atoms with Crippen molar-refractivity contribution in [1.29, 1.82) is 0 Å². The molecule has 0 atom stereocenters. The van der Waals surface area contributed by atoms with E-state index in [1.54, 1.807) is 0 Å². The van der Waals surface area contributed by atoms with Gasteiger partial charge < -0.3 is 18.9 Å². The van der Waals surface area contributed by atoms with E-state index in [0.29, 0.717) is 34.9 Å². The van der Waals surface area contributed by atoms with Crippen molar-refractivity contribution < 1.29 is 0 Å². The molecule has 0 fully saturated rings. The first-order chi connectivity index (χ1) is 56.5. The molecule has 4 heterocycles. The van der Waals surface area contributed by atoms with Crippen molar-refractivity contribution in [2.45, 2.75) is 12.8 Å². The molecular weight excluding hydrogens is 1390 g/mol. The number of para-hydroxylation sites is 6. The fourth-order valence-corrected chi connectivity index (χ4v) is 16.7. The van der Waals surface area contributed by atoms with Crippen molar-refractivity contribution in [3.05, 3.63) is 423 Å². The standard InChI is InChI=1S/2C52H35N5/c2*1-5-15-35(16-6-1)50-53-51(36-17-7-2-8-18-36)55-52(54-50)39-26-25-37-31-38-27-28-43(33-46(38)45(37)32-39)57-48-24-14-13-23-44(48)47-34-42(29-30-49(47)57)56(40-19-9-3-10-20-40)41-21-11-4-12-22-41/h2*1-30,32-34H,31H2. The SMILES string of the molecule is c1ccc(-c2nc(-c3ccccc3)nc(-c3ccc4c(c3)-c3cc(-n5c6ccccc6c6cc(N(c7ccccc7)c7ccccc7)ccc65)ccc3C4)n2)cc1.c1ccc(-c2nc(-c3ccccc3)nc(-c3ccc4c(c3)-c3cc(-n5c6ccccc6c6cc(N(c7ccccc7)c7ccccc7)ccc65)ccc3C4)n2)cc1. The van der Waals surface area contributed by atoms with Gasteiger partial charge in [-0.2, -0.15) is 0 Å². The highest BCUT2D eigenvalue weighted by molar-refractivity contribution is 6.12. The van der Waals surface area contributed by atoms with Gasteiger partial charge in [0, 0.05) is 100 Å². The van der Waals surface area contributed by atoms with Crippen LogP contribution in [-0.2, 0) is 12.8 Å². The molecule has 20 aromatic rings. The zero-order valence-corrected chi connectivity index (χ0v) is 62.0. The Morgan fingerprint density at radius 1 is 0.184 bits per heavy atom. The first kappa shape index (κ1) is 66.9. The van der Waals surface area contributed by atoms with E-state index in [0.717, 1.165) is 91.7 Å². The average molecular weight is 1460 g/mol. The van der Waals surface area contributed by atoms with Crippen LogP contribution in [0.3, 0.4) is 0 Å². The van der Waals surface area contributed by atoms with Crippen LogP contribution >= 0.6 is 0 Å². The van der Waals surface area contributed by atoms with Gasteiger partial charge in [-0.25, -0.2) is 29.9 Å². The molecule has 22 rings (SSSR count). The van der Waals surface area contributed by atoms with Crippen LogP contribution in [-0.4, -0.2) is 39.0 Å². The normalized spacial score (nSPS) is 11.8. The minimum atomic E-state index is 0.660. The lowest BCUT2D eigenvalue weighted by molar-refractivity contribution is 1.07. The molecule has 0 amide bonds. The van der Waals surface area contributed by atoms with Gasteiger partial charge in [-0.3, -0.25) is 0 Å². The Bertz CT molecular complexity index is 6400. The number of fused-ring (bicyclic) bond motifs is 12. The molecule has 10 heteroatoms. The number of benzene rings is 16. The molecule has 10 nitrogen and oxygen atoms in total. The van der Waals surface area contributed by atoms with Crippen molar-refractivity contribution in [3.8, 4) is 102 Å². The molecule has 0 aliphatic heterocycles. The largest absolute Gasteiger partial charge is 0.310 e. The molecule has 0 bridgehead atoms. The first-order valence-electron chi connectivity index (χ1n) is 38.6. The Morgan fingerprint density at radius 2 is 0.439 bits per heavy atom. The molecule has 0 unspecified atom stereocenters. The van der Waals surface area contributed by atoms with Gasteiger partial charge in [0.2, 0.25) is 0 Å². The number of rotatable bonds is 14. The minimum absolute atomic E-state index is 0.660. The number of hydrogen-bond acceptors (Lipinski definition) is 8. The van der Waals surface area contributed by atoms with Crippen LogP contribution in [0.5, 0.6) is 0 Å². The summed E-state index contributed by atoms with van der Waals surface area (Å²) in [5.41, 5.74) is 29.6. The van der Waals surface area contributed by atoms with E-state index in [9.17, 15) is 0 Å². The number of aromatic nitrogens is 8. The molecule has 0 N–H and O–H groups in total. The van der Waals surface area contributed by atoms with Crippen molar-refractivity contribution in [1.82, 2.24) is 39.0 Å². The Labute approximate surface area is 659 Å². The second-order valence-electron chi connectivity index (χ2n) is 29.0. The molecule has 0 saturated heterocycles. The third kappa shape index (κ3) is 12.3. The van der Waals surface area contributed by atoms with Crippen molar-refractivity contribution in [2.24, 2.45) is 0 Å². The van der Waals surface area contributed by atoms with E-state index in [1.807, 2.05) is 121 Å². The van der Waals surface area contributed by atoms with Crippen LogP contribution in [0.4, 0.5) is 34.1 Å². The highest BCUT2D eigenvalue weighted by Crippen LogP contribution is 2.47. The molecule has 0 radical (unpaired) electrons. The predicted molar refractivity (Wildman–Crippen MR) is 467 cm³/mol. The van der Waals surface area contributed by atoms with Crippen molar-refractivity contribution >= 4 is 77.7 Å². The van der Waals surface area contributed by atoms with E-state index in [1.165, 1.54) is 88.1 Å². The summed E-state index contributed by atoms with van der Waals surface area (Å²) in [6, 6.07) is 141. The summed E-state index contributed by atoms with van der Waals surface area (Å²) in [6.45, 7) is 0.